The lowest BCUT2D eigenvalue weighted by atomic mass is 9.81. The second kappa shape index (κ2) is 10.3. The summed E-state index contributed by atoms with van der Waals surface area (Å²) >= 11 is 6.51. The summed E-state index contributed by atoms with van der Waals surface area (Å²) < 4.78 is 15.0. The average Bonchev–Trinajstić information content (AvgIpc) is 3.45. The van der Waals surface area contributed by atoms with Crippen LogP contribution in [0.3, 0.4) is 0 Å². The number of nitrogens with one attached hydrogen (secondary N) is 3. The fraction of sp³-hybridized carbons (Fsp3) is 0.346. The Hall–Kier alpha value is -3.43. The van der Waals surface area contributed by atoms with Gasteiger partial charge in [-0.05, 0) is 62.3 Å². The Morgan fingerprint density at radius 1 is 1.19 bits per heavy atom. The van der Waals surface area contributed by atoms with E-state index in [0.29, 0.717) is 35.6 Å². The third-order valence-corrected chi connectivity index (χ3v) is 7.37. The zero-order valence-corrected chi connectivity index (χ0v) is 20.5. The van der Waals surface area contributed by atoms with Gasteiger partial charge in [0.05, 0.1) is 11.6 Å². The van der Waals surface area contributed by atoms with Gasteiger partial charge in [-0.3, -0.25) is 9.89 Å². The molecule has 1 amide bonds. The molecule has 1 aliphatic rings. The molecule has 0 aliphatic heterocycles. The summed E-state index contributed by atoms with van der Waals surface area (Å²) in [5.74, 6) is 0.568. The molecule has 188 valence electrons. The molecule has 1 fully saturated rings. The van der Waals surface area contributed by atoms with Crippen molar-refractivity contribution in [2.24, 2.45) is 17.6 Å². The van der Waals surface area contributed by atoms with Gasteiger partial charge in [-0.1, -0.05) is 41.9 Å². The molecule has 5 rings (SSSR count). The van der Waals surface area contributed by atoms with E-state index in [-0.39, 0.29) is 34.1 Å². The number of aromatic nitrogens is 4. The molecule has 0 spiro atoms. The predicted octanol–water partition coefficient (Wildman–Crippen LogP) is 4.49. The van der Waals surface area contributed by atoms with Crippen molar-refractivity contribution in [1.82, 2.24) is 25.5 Å². The lowest BCUT2D eigenvalue weighted by molar-refractivity contribution is -0.127. The number of hydrogen-bond acceptors (Lipinski definition) is 5. The molecule has 4 aromatic rings. The highest BCUT2D eigenvalue weighted by molar-refractivity contribution is 6.32. The summed E-state index contributed by atoms with van der Waals surface area (Å²) in [5, 5.41) is 10.6. The minimum atomic E-state index is -0.518. The lowest BCUT2D eigenvalue weighted by Gasteiger charge is -2.28. The zero-order valence-electron chi connectivity index (χ0n) is 19.7. The van der Waals surface area contributed by atoms with E-state index in [0.717, 1.165) is 31.2 Å². The Labute approximate surface area is 213 Å². The van der Waals surface area contributed by atoms with Crippen LogP contribution in [0.1, 0.15) is 43.1 Å². The Morgan fingerprint density at radius 3 is 2.67 bits per heavy atom. The number of nitrogen functional groups attached to an aromatic ring is 1. The minimum absolute atomic E-state index is 0.0130. The van der Waals surface area contributed by atoms with Crippen LogP contribution in [-0.2, 0) is 11.2 Å². The van der Waals surface area contributed by atoms with Gasteiger partial charge in [0, 0.05) is 16.9 Å². The van der Waals surface area contributed by atoms with Crippen molar-refractivity contribution < 1.29 is 9.18 Å². The quantitative estimate of drug-likeness (QED) is 0.250. The normalized spacial score (nSPS) is 18.9. The zero-order chi connectivity index (χ0) is 25.2. The van der Waals surface area contributed by atoms with Crippen LogP contribution in [0.25, 0.3) is 22.2 Å². The van der Waals surface area contributed by atoms with Crippen LogP contribution in [-0.4, -0.2) is 32.6 Å². The van der Waals surface area contributed by atoms with Gasteiger partial charge in [-0.25, -0.2) is 9.37 Å². The first kappa shape index (κ1) is 24.3. The number of hydrogen-bond donors (Lipinski definition) is 5. The van der Waals surface area contributed by atoms with Crippen molar-refractivity contribution in [3.63, 3.8) is 0 Å². The van der Waals surface area contributed by atoms with Crippen LogP contribution >= 0.6 is 11.6 Å². The van der Waals surface area contributed by atoms with E-state index >= 15 is 4.39 Å². The first-order valence-electron chi connectivity index (χ1n) is 12.2. The van der Waals surface area contributed by atoms with E-state index in [4.69, 9.17) is 23.1 Å². The van der Waals surface area contributed by atoms with Crippen molar-refractivity contribution in [2.45, 2.75) is 38.1 Å². The number of H-pyrrole nitrogens is 2. The molecule has 1 atom stereocenters. The number of rotatable bonds is 7. The van der Waals surface area contributed by atoms with E-state index in [2.05, 4.69) is 25.5 Å². The van der Waals surface area contributed by atoms with Gasteiger partial charge in [-0.15, -0.1) is 0 Å². The number of halogens is 2. The lowest BCUT2D eigenvalue weighted by Crippen LogP contribution is -2.37. The highest BCUT2D eigenvalue weighted by atomic mass is 35.5. The number of carbonyl (C=O) groups excluding carboxylic acids is 1. The van der Waals surface area contributed by atoms with Crippen molar-refractivity contribution in [2.75, 3.05) is 12.3 Å². The Kier molecular flexibility index (Phi) is 6.93. The van der Waals surface area contributed by atoms with Crippen molar-refractivity contribution >= 4 is 34.2 Å². The van der Waals surface area contributed by atoms with Crippen LogP contribution in [0.4, 0.5) is 10.2 Å². The Balaban J connectivity index is 1.44. The molecule has 2 heterocycles. The third-order valence-electron chi connectivity index (χ3n) is 7.09. The molecule has 1 aliphatic carbocycles. The van der Waals surface area contributed by atoms with Crippen LogP contribution in [0.2, 0.25) is 5.15 Å². The molecule has 0 radical (unpaired) electrons. The summed E-state index contributed by atoms with van der Waals surface area (Å²) in [5.41, 5.74) is 13.7. The van der Waals surface area contributed by atoms with E-state index in [9.17, 15) is 4.79 Å². The maximum absolute atomic E-state index is 15.0. The summed E-state index contributed by atoms with van der Waals surface area (Å²) in [7, 11) is 0. The van der Waals surface area contributed by atoms with E-state index in [1.54, 1.807) is 6.07 Å². The first-order valence-corrected chi connectivity index (χ1v) is 12.5. The Bertz CT molecular complexity index is 1360. The molecule has 0 saturated heterocycles. The Morgan fingerprint density at radius 2 is 1.94 bits per heavy atom. The average molecular weight is 510 g/mol. The maximum atomic E-state index is 15.0. The van der Waals surface area contributed by atoms with Gasteiger partial charge < -0.3 is 21.8 Å². The number of fused-ring (bicyclic) bond motifs is 1. The molecule has 36 heavy (non-hydrogen) atoms. The van der Waals surface area contributed by atoms with Gasteiger partial charge in [0.15, 0.2) is 5.82 Å². The summed E-state index contributed by atoms with van der Waals surface area (Å²) in [6.45, 7) is 0.659. The molecule has 2 aromatic carbocycles. The van der Waals surface area contributed by atoms with Crippen LogP contribution in [0.15, 0.2) is 42.5 Å². The molecule has 0 bridgehead atoms. The largest absolute Gasteiger partial charge is 0.382 e. The number of anilines is 1. The highest BCUT2D eigenvalue weighted by Gasteiger charge is 2.29. The monoisotopic (exact) mass is 509 g/mol. The molecule has 1 saturated carbocycles. The van der Waals surface area contributed by atoms with Gasteiger partial charge >= 0.3 is 0 Å². The summed E-state index contributed by atoms with van der Waals surface area (Å²) in [6.07, 6.45) is 4.04. The van der Waals surface area contributed by atoms with Crippen LogP contribution in [0.5, 0.6) is 0 Å². The standard InChI is InChI=1S/C26H29ClFN7O/c27-23-22(17-12-20-18(11-19(17)28)24(30)35-34-20)32-25(33-23)21(10-14-4-2-1-3-5-14)31-26(36)16-8-6-15(13-29)7-9-16/h1-5,11-12,15-16,21H,6-10,13,29H2,(H,31,36)(H,32,33)(H3,30,34,35)/t15?,16?,21-/m0/s1. The fourth-order valence-electron chi connectivity index (χ4n) is 4.97. The van der Waals surface area contributed by atoms with E-state index < -0.39 is 11.9 Å². The molecule has 10 heteroatoms. The second-order valence-electron chi connectivity index (χ2n) is 9.48. The van der Waals surface area contributed by atoms with Crippen molar-refractivity contribution in [3.05, 3.63) is 64.8 Å². The topological polar surface area (TPSA) is 138 Å². The fourth-order valence-corrected chi connectivity index (χ4v) is 5.21. The number of amides is 1. The number of nitrogens with two attached hydrogens (primary N) is 2. The number of aromatic amines is 2. The van der Waals surface area contributed by atoms with Gasteiger partial charge in [0.2, 0.25) is 5.91 Å². The van der Waals surface area contributed by atoms with Gasteiger partial charge in [-0.2, -0.15) is 5.10 Å². The molecule has 0 unspecified atom stereocenters. The highest BCUT2D eigenvalue weighted by Crippen LogP contribution is 2.34. The second-order valence-corrected chi connectivity index (χ2v) is 9.85. The summed E-state index contributed by atoms with van der Waals surface area (Å²) in [6, 6.07) is 12.3. The predicted molar refractivity (Wildman–Crippen MR) is 139 cm³/mol. The van der Waals surface area contributed by atoms with Gasteiger partial charge in [0.25, 0.3) is 0 Å². The van der Waals surface area contributed by atoms with Crippen LogP contribution in [0, 0.1) is 17.7 Å². The molecule has 2 aromatic heterocycles. The smallest absolute Gasteiger partial charge is 0.223 e. The number of nitrogens with zero attached hydrogens (tertiary/aromatic N) is 2. The van der Waals surface area contributed by atoms with Crippen LogP contribution < -0.4 is 16.8 Å². The van der Waals surface area contributed by atoms with E-state index in [1.165, 1.54) is 6.07 Å². The minimum Gasteiger partial charge on any atom is -0.382 e. The van der Waals surface area contributed by atoms with Crippen molar-refractivity contribution in [3.8, 4) is 11.3 Å². The molecule has 7 N–H and O–H groups in total. The molecular weight excluding hydrogens is 481 g/mol. The SMILES string of the molecule is NCC1CCC(C(=O)N[C@@H](Cc2ccccc2)c2nc(-c3cc4[nH]nc(N)c4cc3F)c(Cl)[nH]2)CC1. The maximum Gasteiger partial charge on any atom is 0.223 e. The van der Waals surface area contributed by atoms with Crippen molar-refractivity contribution in [1.29, 1.82) is 0 Å². The first-order chi connectivity index (χ1) is 17.4. The molecular formula is C26H29ClFN7O. The van der Waals surface area contributed by atoms with Gasteiger partial charge in [0.1, 0.15) is 22.5 Å². The third kappa shape index (κ3) is 4.94. The van der Waals surface area contributed by atoms with E-state index in [1.807, 2.05) is 30.3 Å². The summed E-state index contributed by atoms with van der Waals surface area (Å²) in [4.78, 5) is 21.0. The number of carbonyl (C=O) groups is 1. The molecule has 8 nitrogen and oxygen atoms in total. The number of benzene rings is 2. The number of imidazole rings is 1.